The number of hydrogen-bond acceptors (Lipinski definition) is 12. The summed E-state index contributed by atoms with van der Waals surface area (Å²) in [5, 5.41) is 13.0. The number of aryl methyl sites for hydroxylation is 1. The van der Waals surface area contributed by atoms with Crippen LogP contribution in [0.25, 0.3) is 0 Å². The fraction of sp³-hybridized carbons (Fsp3) is 0.0769. The molecule has 44 heavy (non-hydrogen) atoms. The van der Waals surface area contributed by atoms with Crippen LogP contribution in [0.4, 0.5) is 34.1 Å². The van der Waals surface area contributed by atoms with Gasteiger partial charge in [0.15, 0.2) is 0 Å². The molecule has 0 saturated heterocycles. The van der Waals surface area contributed by atoms with Gasteiger partial charge < -0.3 is 33.4 Å². The van der Waals surface area contributed by atoms with Crippen LogP contribution in [-0.4, -0.2) is 77.1 Å². The van der Waals surface area contributed by atoms with Crippen molar-refractivity contribution in [2.24, 2.45) is 10.7 Å². The minimum atomic E-state index is -2.95. The van der Waals surface area contributed by atoms with Crippen LogP contribution in [0, 0.1) is 6.92 Å². The minimum absolute atomic E-state index is 0.0111. The molecule has 0 unspecified atom stereocenters. The number of phenols is 1. The number of hydrogen-bond donors (Lipinski definition) is 6. The van der Waals surface area contributed by atoms with Crippen LogP contribution in [-0.2, 0) is 23.3 Å². The van der Waals surface area contributed by atoms with E-state index in [2.05, 4.69) is 10.3 Å². The van der Waals surface area contributed by atoms with Gasteiger partial charge in [0.2, 0.25) is 5.78 Å². The summed E-state index contributed by atoms with van der Waals surface area (Å²) in [5.74, 6) is -0.248. The van der Waals surface area contributed by atoms with Crippen molar-refractivity contribution in [3.05, 3.63) is 87.6 Å². The fourth-order valence-corrected chi connectivity index (χ4v) is 3.64. The standard InChI is InChI=1S/C13H14ClN3O.C13H12ClN3O.2Na.O4S2/c2*1-7-6-10(12(16)11(14)13(7)18)17-9-4-2-8(15)3-5-9;;;1-5(2)6(3)4/h2-6,17-18H,15-16H2,1H3;2-6H,15-16H2,1H3;;;. The first kappa shape index (κ1) is 39.5. The predicted octanol–water partition coefficient (Wildman–Crippen LogP) is 3.44. The number of carbonyl (C=O) groups is 1. The van der Waals surface area contributed by atoms with Gasteiger partial charge in [0.25, 0.3) is 0 Å². The Hall–Kier alpha value is -2.50. The van der Waals surface area contributed by atoms with Crippen molar-refractivity contribution >= 4 is 131 Å². The van der Waals surface area contributed by atoms with Crippen LogP contribution in [0.15, 0.2) is 82.0 Å². The first-order valence-corrected chi connectivity index (χ1v) is 24.0. The van der Waals surface area contributed by atoms with Crippen LogP contribution in [0.5, 0.6) is 5.75 Å². The van der Waals surface area contributed by atoms with Crippen molar-refractivity contribution in [3.8, 4) is 5.75 Å². The number of phenolic OH excluding ortho intramolecular Hbond substituents is 1. The molecule has 0 atom stereocenters. The predicted molar refractivity (Wildman–Crippen MR) is 180 cm³/mol. The number of nitrogen functional groups attached to an aromatic ring is 3. The van der Waals surface area contributed by atoms with Crippen molar-refractivity contribution in [2.75, 3.05) is 22.5 Å². The molecule has 12 nitrogen and oxygen atoms in total. The molecule has 0 spiro atoms. The molecule has 3 aromatic carbocycles. The zero-order valence-corrected chi connectivity index (χ0v) is 31.2. The summed E-state index contributed by atoms with van der Waals surface area (Å²) in [5.41, 5.74) is 28.6. The number of halogens is 2. The molecule has 224 valence electrons. The molecule has 10 N–H and O–H groups in total. The molecular weight excluding hydrogens is 673 g/mol. The second-order valence-corrected chi connectivity index (χ2v) is 11.7. The topological polar surface area (TPSA) is 234 Å². The van der Waals surface area contributed by atoms with Crippen LogP contribution in [0.2, 0.25) is 5.02 Å². The molecule has 1 aliphatic rings. The summed E-state index contributed by atoms with van der Waals surface area (Å²) in [7, 11) is -5.90. The number of anilines is 5. The summed E-state index contributed by atoms with van der Waals surface area (Å²) >= 11 is 14.7. The van der Waals surface area contributed by atoms with E-state index in [1.807, 2.05) is 12.1 Å². The summed E-state index contributed by atoms with van der Waals surface area (Å²) in [6.45, 7) is 3.43. The van der Waals surface area contributed by atoms with Gasteiger partial charge in [-0.15, -0.1) is 0 Å². The number of allylic oxidation sites excluding steroid dienone is 3. The van der Waals surface area contributed by atoms with Gasteiger partial charge in [0.1, 0.15) is 15.8 Å². The summed E-state index contributed by atoms with van der Waals surface area (Å²) in [6, 6.07) is 16.0. The quantitative estimate of drug-likeness (QED) is 0.100. The molecule has 0 fully saturated rings. The Morgan fingerprint density at radius 1 is 0.841 bits per heavy atom. The van der Waals surface area contributed by atoms with Gasteiger partial charge in [-0.25, -0.2) is 4.99 Å². The Morgan fingerprint density at radius 2 is 1.32 bits per heavy atom. The van der Waals surface area contributed by atoms with E-state index in [9.17, 15) is 9.90 Å². The molecule has 0 saturated carbocycles. The molecular formula is C26H26Cl2N6Na2O6S2. The Labute approximate surface area is 295 Å². The Morgan fingerprint density at radius 3 is 1.80 bits per heavy atom. The van der Waals surface area contributed by atoms with Gasteiger partial charge in [-0.1, -0.05) is 23.2 Å². The van der Waals surface area contributed by atoms with E-state index in [1.54, 1.807) is 62.4 Å². The van der Waals surface area contributed by atoms with Crippen molar-refractivity contribution in [3.63, 3.8) is 0 Å². The maximum absolute atomic E-state index is 11.6. The number of ketones is 1. The third kappa shape index (κ3) is 12.1. The summed E-state index contributed by atoms with van der Waals surface area (Å²) in [6.07, 6.45) is 1.62. The SMILES string of the molecule is CC1=CC(=Nc2ccc(N)cc2)C(N)=C(Cl)C1=O.Cc1cc(Nc2ccc(N)cc2)c(N)c(Cl)c1O.O=S(=O)=S(=O)=O.[Na][Na]. The number of benzene rings is 3. The van der Waals surface area contributed by atoms with Crippen molar-refractivity contribution < 1.29 is 26.7 Å². The normalized spacial score (nSPS) is 12.9. The second kappa shape index (κ2) is 19.1. The van der Waals surface area contributed by atoms with Crippen molar-refractivity contribution in [1.29, 1.82) is 0 Å². The van der Waals surface area contributed by atoms with Gasteiger partial charge in [0, 0.05) is 22.6 Å². The second-order valence-electron chi connectivity index (χ2n) is 8.45. The fourth-order valence-electron chi connectivity index (χ4n) is 3.14. The van der Waals surface area contributed by atoms with Gasteiger partial charge in [0.05, 0.1) is 28.5 Å². The van der Waals surface area contributed by atoms with E-state index in [1.165, 1.54) is 43.6 Å². The number of rotatable bonds is 3. The van der Waals surface area contributed by atoms with Crippen LogP contribution in [0.3, 0.4) is 0 Å². The van der Waals surface area contributed by atoms with Gasteiger partial charge in [-0.05, 0) is 80.1 Å². The molecule has 0 amide bonds. The van der Waals surface area contributed by atoms with Crippen LogP contribution < -0.4 is 28.3 Å². The first-order valence-electron chi connectivity index (χ1n) is 12.5. The molecule has 3 aromatic rings. The van der Waals surface area contributed by atoms with E-state index in [0.29, 0.717) is 45.3 Å². The Kier molecular flexibility index (Phi) is 17.2. The number of carbonyl (C=O) groups excluding carboxylic acids is 1. The molecule has 0 aromatic heterocycles. The van der Waals surface area contributed by atoms with Gasteiger partial charge in [-0.3, -0.25) is 4.79 Å². The average molecular weight is 700 g/mol. The molecule has 0 radical (unpaired) electrons. The maximum atomic E-state index is 11.6. The van der Waals surface area contributed by atoms with Crippen LogP contribution >= 0.6 is 23.2 Å². The summed E-state index contributed by atoms with van der Waals surface area (Å²) < 4.78 is 36.3. The third-order valence-corrected chi connectivity index (χ3v) is 6.98. The number of nitrogens with zero attached hydrogens (tertiary/aromatic N) is 1. The van der Waals surface area contributed by atoms with Gasteiger partial charge >= 0.3 is 62.1 Å². The molecule has 0 heterocycles. The Bertz CT molecular complexity index is 1820. The molecule has 18 heteroatoms. The van der Waals surface area contributed by atoms with E-state index in [-0.39, 0.29) is 27.3 Å². The number of aliphatic imine (C=N–C) groups is 1. The zero-order valence-electron chi connectivity index (χ0n) is 24.1. The number of aromatic hydroxyl groups is 1. The van der Waals surface area contributed by atoms with Crippen molar-refractivity contribution in [2.45, 2.75) is 13.8 Å². The monoisotopic (exact) mass is 698 g/mol. The zero-order chi connectivity index (χ0) is 33.7. The molecule has 0 aliphatic heterocycles. The van der Waals surface area contributed by atoms with Gasteiger partial charge in [-0.2, -0.15) is 16.8 Å². The number of nitrogens with one attached hydrogen (secondary N) is 1. The van der Waals surface area contributed by atoms with E-state index in [4.69, 9.17) is 63.0 Å². The third-order valence-electron chi connectivity index (χ3n) is 5.34. The van der Waals surface area contributed by atoms with E-state index >= 15 is 0 Å². The summed E-state index contributed by atoms with van der Waals surface area (Å²) in [4.78, 5) is 15.9. The Balaban J connectivity index is 0.000000356. The average Bonchev–Trinajstić information content (AvgIpc) is 3.00. The van der Waals surface area contributed by atoms with E-state index < -0.39 is 18.5 Å². The first-order chi connectivity index (χ1) is 20.6. The molecule has 4 rings (SSSR count). The molecule has 1 aliphatic carbocycles. The van der Waals surface area contributed by atoms with Crippen molar-refractivity contribution in [1.82, 2.24) is 0 Å². The number of Topliss-reactive ketones (excluding diaryl/α,β-unsaturated/α-hetero) is 1. The molecule has 0 bridgehead atoms. The van der Waals surface area contributed by atoms with Crippen LogP contribution in [0.1, 0.15) is 12.5 Å². The number of nitrogens with two attached hydrogens (primary N) is 4. The van der Waals surface area contributed by atoms with E-state index in [0.717, 1.165) is 5.69 Å².